The van der Waals surface area contributed by atoms with Crippen molar-refractivity contribution < 1.29 is 9.18 Å². The van der Waals surface area contributed by atoms with E-state index in [2.05, 4.69) is 0 Å². The highest BCUT2D eigenvalue weighted by atomic mass is 32.2. The van der Waals surface area contributed by atoms with Crippen LogP contribution in [0.2, 0.25) is 0 Å². The fraction of sp³-hybridized carbons (Fsp3) is 0.188. The van der Waals surface area contributed by atoms with E-state index >= 15 is 0 Å². The third-order valence-corrected chi connectivity index (χ3v) is 3.76. The molecule has 1 nitrogen and oxygen atoms in total. The number of halogens is 1. The average Bonchev–Trinajstić information content (AvgIpc) is 2.46. The van der Waals surface area contributed by atoms with Gasteiger partial charge >= 0.3 is 0 Å². The van der Waals surface area contributed by atoms with Crippen LogP contribution in [0, 0.1) is 5.82 Å². The van der Waals surface area contributed by atoms with Gasteiger partial charge in [-0.15, -0.1) is 11.8 Å². The molecule has 0 aliphatic carbocycles. The zero-order valence-electron chi connectivity index (χ0n) is 10.7. The van der Waals surface area contributed by atoms with Gasteiger partial charge in [0.25, 0.3) is 0 Å². The largest absolute Gasteiger partial charge is 0.294 e. The first-order valence-electron chi connectivity index (χ1n) is 6.11. The molecule has 0 fully saturated rings. The summed E-state index contributed by atoms with van der Waals surface area (Å²) in [6.45, 7) is 0. The maximum absolute atomic E-state index is 12.8. The van der Waals surface area contributed by atoms with Gasteiger partial charge in [0.2, 0.25) is 0 Å². The smallest absolute Gasteiger partial charge is 0.164 e. The molecular formula is C16H15FOS. The van der Waals surface area contributed by atoms with Gasteiger partial charge in [-0.05, 0) is 36.4 Å². The maximum atomic E-state index is 12.8. The molecule has 0 heterocycles. The first kappa shape index (κ1) is 13.8. The van der Waals surface area contributed by atoms with Crippen LogP contribution in [0.4, 0.5) is 4.39 Å². The van der Waals surface area contributed by atoms with Gasteiger partial charge in [0.1, 0.15) is 5.82 Å². The van der Waals surface area contributed by atoms with E-state index in [0.717, 1.165) is 16.0 Å². The first-order chi connectivity index (χ1) is 9.20. The van der Waals surface area contributed by atoms with Crippen LogP contribution in [-0.2, 0) is 6.42 Å². The average molecular weight is 274 g/mol. The Hall–Kier alpha value is -1.61. The summed E-state index contributed by atoms with van der Waals surface area (Å²) in [6.07, 6.45) is 3.05. The van der Waals surface area contributed by atoms with Crippen molar-refractivity contribution in [2.75, 3.05) is 6.26 Å². The van der Waals surface area contributed by atoms with E-state index in [-0.39, 0.29) is 11.6 Å². The van der Waals surface area contributed by atoms with Crippen molar-refractivity contribution >= 4 is 17.5 Å². The van der Waals surface area contributed by atoms with E-state index in [1.54, 1.807) is 23.9 Å². The fourth-order valence-corrected chi connectivity index (χ4v) is 2.54. The molecule has 98 valence electrons. The summed E-state index contributed by atoms with van der Waals surface area (Å²) in [5.41, 5.74) is 1.76. The number of hydrogen-bond acceptors (Lipinski definition) is 2. The zero-order valence-corrected chi connectivity index (χ0v) is 11.5. The zero-order chi connectivity index (χ0) is 13.7. The number of ketones is 1. The summed E-state index contributed by atoms with van der Waals surface area (Å²) in [5.74, 6) is -0.114. The van der Waals surface area contributed by atoms with Crippen LogP contribution in [0.15, 0.2) is 53.4 Å². The minimum atomic E-state index is -0.247. The number of carbonyl (C=O) groups is 1. The van der Waals surface area contributed by atoms with Gasteiger partial charge in [0, 0.05) is 16.9 Å². The van der Waals surface area contributed by atoms with Crippen molar-refractivity contribution in [2.24, 2.45) is 0 Å². The molecule has 0 atom stereocenters. The van der Waals surface area contributed by atoms with Gasteiger partial charge in [-0.25, -0.2) is 4.39 Å². The van der Waals surface area contributed by atoms with Gasteiger partial charge in [-0.1, -0.05) is 30.3 Å². The normalized spacial score (nSPS) is 10.4. The maximum Gasteiger partial charge on any atom is 0.164 e. The van der Waals surface area contributed by atoms with Gasteiger partial charge in [0.15, 0.2) is 5.78 Å². The van der Waals surface area contributed by atoms with Gasteiger partial charge in [-0.2, -0.15) is 0 Å². The standard InChI is InChI=1S/C16H15FOS/c1-19-16-5-3-2-4-14(16)15(18)11-8-12-6-9-13(17)10-7-12/h2-7,9-10H,8,11H2,1H3. The predicted molar refractivity (Wildman–Crippen MR) is 77.3 cm³/mol. The van der Waals surface area contributed by atoms with Crippen LogP contribution in [-0.4, -0.2) is 12.0 Å². The number of hydrogen-bond donors (Lipinski definition) is 0. The quantitative estimate of drug-likeness (QED) is 0.595. The molecule has 0 unspecified atom stereocenters. The number of carbonyl (C=O) groups excluding carboxylic acids is 1. The van der Waals surface area contributed by atoms with E-state index in [9.17, 15) is 9.18 Å². The van der Waals surface area contributed by atoms with Gasteiger partial charge in [0.05, 0.1) is 0 Å². The predicted octanol–water partition coefficient (Wildman–Crippen LogP) is 4.36. The summed E-state index contributed by atoms with van der Waals surface area (Å²) < 4.78 is 12.8. The second kappa shape index (κ2) is 6.53. The fourth-order valence-electron chi connectivity index (χ4n) is 1.92. The van der Waals surface area contributed by atoms with Gasteiger partial charge < -0.3 is 0 Å². The molecular weight excluding hydrogens is 259 g/mol. The van der Waals surface area contributed by atoms with Crippen LogP contribution in [0.25, 0.3) is 0 Å². The van der Waals surface area contributed by atoms with Crippen LogP contribution in [0.3, 0.4) is 0 Å². The van der Waals surface area contributed by atoms with Crippen molar-refractivity contribution in [1.29, 1.82) is 0 Å². The van der Waals surface area contributed by atoms with Crippen LogP contribution in [0.5, 0.6) is 0 Å². The number of benzene rings is 2. The van der Waals surface area contributed by atoms with E-state index in [0.29, 0.717) is 12.8 Å². The first-order valence-corrected chi connectivity index (χ1v) is 7.34. The van der Waals surface area contributed by atoms with Gasteiger partial charge in [-0.3, -0.25) is 4.79 Å². The molecule has 3 heteroatoms. The minimum Gasteiger partial charge on any atom is -0.294 e. The number of aryl methyl sites for hydroxylation is 1. The molecule has 2 aromatic rings. The topological polar surface area (TPSA) is 17.1 Å². The summed E-state index contributed by atoms with van der Waals surface area (Å²) in [4.78, 5) is 13.2. The lowest BCUT2D eigenvalue weighted by molar-refractivity contribution is 0.0980. The molecule has 0 amide bonds. The molecule has 0 spiro atoms. The molecule has 19 heavy (non-hydrogen) atoms. The molecule has 0 saturated heterocycles. The van der Waals surface area contributed by atoms with Crippen molar-refractivity contribution in [3.8, 4) is 0 Å². The highest BCUT2D eigenvalue weighted by Crippen LogP contribution is 2.21. The Morgan fingerprint density at radius 3 is 2.47 bits per heavy atom. The third kappa shape index (κ3) is 3.67. The summed E-state index contributed by atoms with van der Waals surface area (Å²) in [7, 11) is 0. The second-order valence-corrected chi connectivity index (χ2v) is 5.10. The van der Waals surface area contributed by atoms with Crippen molar-refractivity contribution in [2.45, 2.75) is 17.7 Å². The molecule has 0 N–H and O–H groups in total. The molecule has 0 saturated carbocycles. The van der Waals surface area contributed by atoms with Crippen molar-refractivity contribution in [1.82, 2.24) is 0 Å². The van der Waals surface area contributed by atoms with E-state index in [1.807, 2.05) is 30.5 Å². The second-order valence-electron chi connectivity index (χ2n) is 4.25. The van der Waals surface area contributed by atoms with Crippen LogP contribution >= 0.6 is 11.8 Å². The van der Waals surface area contributed by atoms with Crippen LogP contribution < -0.4 is 0 Å². The summed E-state index contributed by atoms with van der Waals surface area (Å²) in [6, 6.07) is 13.9. The summed E-state index contributed by atoms with van der Waals surface area (Å²) in [5, 5.41) is 0. The van der Waals surface area contributed by atoms with Crippen LogP contribution in [0.1, 0.15) is 22.3 Å². The molecule has 0 radical (unpaired) electrons. The molecule has 2 aromatic carbocycles. The molecule has 0 aromatic heterocycles. The van der Waals surface area contributed by atoms with Crippen molar-refractivity contribution in [3.05, 3.63) is 65.5 Å². The molecule has 0 aliphatic heterocycles. The lowest BCUT2D eigenvalue weighted by Crippen LogP contribution is -2.02. The number of thioether (sulfide) groups is 1. The Morgan fingerprint density at radius 2 is 1.79 bits per heavy atom. The Kier molecular flexibility index (Phi) is 4.74. The number of Topliss-reactive ketones (excluding diaryl/α,β-unsaturated/α-hetero) is 1. The lowest BCUT2D eigenvalue weighted by Gasteiger charge is -2.06. The Balaban J connectivity index is 2.03. The lowest BCUT2D eigenvalue weighted by atomic mass is 10.0. The Morgan fingerprint density at radius 1 is 1.11 bits per heavy atom. The monoisotopic (exact) mass is 274 g/mol. The molecule has 0 bridgehead atoms. The van der Waals surface area contributed by atoms with E-state index in [1.165, 1.54) is 12.1 Å². The van der Waals surface area contributed by atoms with E-state index < -0.39 is 0 Å². The van der Waals surface area contributed by atoms with Crippen molar-refractivity contribution in [3.63, 3.8) is 0 Å². The molecule has 0 aliphatic rings. The number of rotatable bonds is 5. The third-order valence-electron chi connectivity index (χ3n) is 2.96. The molecule has 2 rings (SSSR count). The Bertz CT molecular complexity index is 563. The Labute approximate surface area is 116 Å². The summed E-state index contributed by atoms with van der Waals surface area (Å²) >= 11 is 1.58. The van der Waals surface area contributed by atoms with E-state index in [4.69, 9.17) is 0 Å². The highest BCUT2D eigenvalue weighted by Gasteiger charge is 2.10. The minimum absolute atomic E-state index is 0.134. The SMILES string of the molecule is CSc1ccccc1C(=O)CCc1ccc(F)cc1. The highest BCUT2D eigenvalue weighted by molar-refractivity contribution is 7.98.